The largest absolute Gasteiger partial charge is 0.369 e. The lowest BCUT2D eigenvalue weighted by atomic mass is 9.98. The molecule has 4 heteroatoms. The highest BCUT2D eigenvalue weighted by atomic mass is 79.9. The number of aryl methyl sites for hydroxylation is 1. The molecule has 2 aromatic carbocycles. The fourth-order valence-electron chi connectivity index (χ4n) is 2.17. The molecule has 3 nitrogen and oxygen atoms in total. The zero-order valence-corrected chi connectivity index (χ0v) is 12.9. The smallest absolute Gasteiger partial charge is 0.244 e. The molecule has 0 aliphatic rings. The predicted octanol–water partition coefficient (Wildman–Crippen LogP) is 3.65. The van der Waals surface area contributed by atoms with Crippen LogP contribution in [0.3, 0.4) is 0 Å². The monoisotopic (exact) mass is 332 g/mol. The van der Waals surface area contributed by atoms with E-state index in [1.165, 1.54) is 0 Å². The van der Waals surface area contributed by atoms with Crippen molar-refractivity contribution < 1.29 is 4.79 Å². The van der Waals surface area contributed by atoms with Crippen molar-refractivity contribution in [3.63, 3.8) is 0 Å². The van der Waals surface area contributed by atoms with Gasteiger partial charge in [-0.15, -0.1) is 0 Å². The van der Waals surface area contributed by atoms with Crippen molar-refractivity contribution in [1.82, 2.24) is 0 Å². The molecule has 20 heavy (non-hydrogen) atoms. The summed E-state index contributed by atoms with van der Waals surface area (Å²) in [4.78, 5) is 11.8. The zero-order valence-electron chi connectivity index (χ0n) is 11.3. The standard InChI is InChI=1S/C16H17BrN2O/c1-2-11-7-3-4-8-12(11)15(16(18)20)19-14-10-6-5-9-13(14)17/h3-10,15,19H,2H2,1H3,(H2,18,20). The Morgan fingerprint density at radius 3 is 2.50 bits per heavy atom. The van der Waals surface area contributed by atoms with Gasteiger partial charge in [-0.25, -0.2) is 0 Å². The summed E-state index contributed by atoms with van der Waals surface area (Å²) in [5.74, 6) is -0.387. The number of hydrogen-bond donors (Lipinski definition) is 2. The lowest BCUT2D eigenvalue weighted by Gasteiger charge is -2.20. The third-order valence-electron chi connectivity index (χ3n) is 3.21. The number of hydrogen-bond acceptors (Lipinski definition) is 2. The molecule has 0 fully saturated rings. The SMILES string of the molecule is CCc1ccccc1C(Nc1ccccc1Br)C(N)=O. The number of primary amides is 1. The Balaban J connectivity index is 2.37. The molecule has 0 bridgehead atoms. The second-order valence-corrected chi connectivity index (χ2v) is 5.37. The van der Waals surface area contributed by atoms with Gasteiger partial charge in [-0.2, -0.15) is 0 Å². The molecule has 0 spiro atoms. The lowest BCUT2D eigenvalue weighted by Crippen LogP contribution is -2.28. The van der Waals surface area contributed by atoms with E-state index in [-0.39, 0.29) is 5.91 Å². The molecular formula is C16H17BrN2O. The molecular weight excluding hydrogens is 316 g/mol. The fourth-order valence-corrected chi connectivity index (χ4v) is 2.57. The molecule has 0 heterocycles. The number of nitrogens with one attached hydrogen (secondary N) is 1. The van der Waals surface area contributed by atoms with E-state index in [9.17, 15) is 4.79 Å². The molecule has 1 amide bonds. The topological polar surface area (TPSA) is 55.1 Å². The summed E-state index contributed by atoms with van der Waals surface area (Å²) in [5, 5.41) is 3.22. The summed E-state index contributed by atoms with van der Waals surface area (Å²) >= 11 is 3.47. The van der Waals surface area contributed by atoms with Gasteiger partial charge in [0.05, 0.1) is 0 Å². The van der Waals surface area contributed by atoms with Crippen LogP contribution in [0, 0.1) is 0 Å². The summed E-state index contributed by atoms with van der Waals surface area (Å²) < 4.78 is 0.903. The number of benzene rings is 2. The van der Waals surface area contributed by atoms with E-state index < -0.39 is 6.04 Å². The van der Waals surface area contributed by atoms with Crippen LogP contribution in [-0.4, -0.2) is 5.91 Å². The third kappa shape index (κ3) is 3.20. The predicted molar refractivity (Wildman–Crippen MR) is 85.5 cm³/mol. The Morgan fingerprint density at radius 2 is 1.85 bits per heavy atom. The van der Waals surface area contributed by atoms with Crippen LogP contribution in [0.5, 0.6) is 0 Å². The Kier molecular flexibility index (Phi) is 4.79. The first-order valence-corrected chi connectivity index (χ1v) is 7.31. The zero-order chi connectivity index (χ0) is 14.5. The molecule has 0 saturated carbocycles. The first-order chi connectivity index (χ1) is 9.63. The van der Waals surface area contributed by atoms with E-state index in [2.05, 4.69) is 28.2 Å². The Morgan fingerprint density at radius 1 is 1.20 bits per heavy atom. The van der Waals surface area contributed by atoms with Gasteiger partial charge in [0.2, 0.25) is 5.91 Å². The van der Waals surface area contributed by atoms with Gasteiger partial charge in [-0.3, -0.25) is 4.79 Å². The van der Waals surface area contributed by atoms with E-state index in [1.807, 2.05) is 48.5 Å². The van der Waals surface area contributed by atoms with Crippen molar-refractivity contribution in [1.29, 1.82) is 0 Å². The summed E-state index contributed by atoms with van der Waals surface area (Å²) in [7, 11) is 0. The quantitative estimate of drug-likeness (QED) is 0.877. The van der Waals surface area contributed by atoms with Gasteiger partial charge < -0.3 is 11.1 Å². The first kappa shape index (κ1) is 14.6. The Hall–Kier alpha value is -1.81. The molecule has 0 radical (unpaired) electrons. The summed E-state index contributed by atoms with van der Waals surface area (Å²) in [6.45, 7) is 2.06. The third-order valence-corrected chi connectivity index (χ3v) is 3.90. The van der Waals surface area contributed by atoms with Gasteiger partial charge >= 0.3 is 0 Å². The molecule has 0 aliphatic heterocycles. The average Bonchev–Trinajstić information content (AvgIpc) is 2.46. The summed E-state index contributed by atoms with van der Waals surface area (Å²) in [6.07, 6.45) is 0.859. The number of para-hydroxylation sites is 1. The minimum atomic E-state index is -0.537. The average molecular weight is 333 g/mol. The summed E-state index contributed by atoms with van der Waals surface area (Å²) in [6, 6.07) is 15.0. The minimum Gasteiger partial charge on any atom is -0.369 e. The van der Waals surface area contributed by atoms with Crippen molar-refractivity contribution in [3.05, 3.63) is 64.1 Å². The number of rotatable bonds is 5. The van der Waals surface area contributed by atoms with Crippen molar-refractivity contribution in [2.24, 2.45) is 5.73 Å². The van der Waals surface area contributed by atoms with Crippen LogP contribution in [0.15, 0.2) is 53.0 Å². The molecule has 0 saturated heterocycles. The molecule has 2 rings (SSSR count). The van der Waals surface area contributed by atoms with Gasteiger partial charge in [0, 0.05) is 10.2 Å². The highest BCUT2D eigenvalue weighted by molar-refractivity contribution is 9.10. The Bertz CT molecular complexity index is 613. The van der Waals surface area contributed by atoms with Crippen molar-refractivity contribution in [2.45, 2.75) is 19.4 Å². The lowest BCUT2D eigenvalue weighted by molar-refractivity contribution is -0.118. The van der Waals surface area contributed by atoms with Crippen molar-refractivity contribution >= 4 is 27.5 Å². The second kappa shape index (κ2) is 6.57. The maximum atomic E-state index is 11.8. The van der Waals surface area contributed by atoms with Crippen LogP contribution in [-0.2, 0) is 11.2 Å². The van der Waals surface area contributed by atoms with Gasteiger partial charge in [0.1, 0.15) is 6.04 Å². The molecule has 0 aliphatic carbocycles. The normalized spacial score (nSPS) is 11.9. The number of amides is 1. The Labute approximate surface area is 127 Å². The molecule has 0 aromatic heterocycles. The molecule has 104 valence electrons. The van der Waals surface area contributed by atoms with Gasteiger partial charge in [-0.05, 0) is 45.6 Å². The molecule has 1 atom stereocenters. The fraction of sp³-hybridized carbons (Fsp3) is 0.188. The van der Waals surface area contributed by atoms with Crippen LogP contribution < -0.4 is 11.1 Å². The molecule has 2 aromatic rings. The van der Waals surface area contributed by atoms with Crippen LogP contribution >= 0.6 is 15.9 Å². The minimum absolute atomic E-state index is 0.387. The highest BCUT2D eigenvalue weighted by Crippen LogP contribution is 2.28. The van der Waals surface area contributed by atoms with Gasteiger partial charge in [0.25, 0.3) is 0 Å². The van der Waals surface area contributed by atoms with Crippen LogP contribution in [0.1, 0.15) is 24.1 Å². The number of halogens is 1. The number of carbonyl (C=O) groups excluding carboxylic acids is 1. The van der Waals surface area contributed by atoms with E-state index in [0.29, 0.717) is 0 Å². The van der Waals surface area contributed by atoms with E-state index in [0.717, 1.165) is 27.7 Å². The summed E-state index contributed by atoms with van der Waals surface area (Å²) in [5.41, 5.74) is 8.47. The van der Waals surface area contributed by atoms with E-state index in [1.54, 1.807) is 0 Å². The van der Waals surface area contributed by atoms with Crippen LogP contribution in [0.25, 0.3) is 0 Å². The van der Waals surface area contributed by atoms with Crippen LogP contribution in [0.4, 0.5) is 5.69 Å². The maximum absolute atomic E-state index is 11.8. The van der Waals surface area contributed by atoms with Gasteiger partial charge in [0.15, 0.2) is 0 Å². The number of nitrogens with two attached hydrogens (primary N) is 1. The number of carbonyl (C=O) groups is 1. The molecule has 3 N–H and O–H groups in total. The van der Waals surface area contributed by atoms with E-state index >= 15 is 0 Å². The van der Waals surface area contributed by atoms with E-state index in [4.69, 9.17) is 5.73 Å². The van der Waals surface area contributed by atoms with Crippen molar-refractivity contribution in [2.75, 3.05) is 5.32 Å². The highest BCUT2D eigenvalue weighted by Gasteiger charge is 2.20. The first-order valence-electron chi connectivity index (χ1n) is 6.51. The molecule has 1 unspecified atom stereocenters. The van der Waals surface area contributed by atoms with Crippen molar-refractivity contribution in [3.8, 4) is 0 Å². The number of anilines is 1. The van der Waals surface area contributed by atoms with Crippen LogP contribution in [0.2, 0.25) is 0 Å². The maximum Gasteiger partial charge on any atom is 0.244 e. The van der Waals surface area contributed by atoms with Gasteiger partial charge in [-0.1, -0.05) is 43.3 Å². The second-order valence-electron chi connectivity index (χ2n) is 4.51.